The van der Waals surface area contributed by atoms with Crippen LogP contribution in [0.4, 0.5) is 17.2 Å². The number of nitrogen functional groups attached to an aromatic ring is 1. The average molecular weight is 273 g/mol. The third kappa shape index (κ3) is 3.54. The number of hydrogen-bond donors (Lipinski definition) is 2. The monoisotopic (exact) mass is 273 g/mol. The van der Waals surface area contributed by atoms with Gasteiger partial charge in [0.1, 0.15) is 11.6 Å². The van der Waals surface area contributed by atoms with E-state index in [1.54, 1.807) is 13.2 Å². The van der Waals surface area contributed by atoms with Gasteiger partial charge in [-0.1, -0.05) is 6.07 Å². The number of nitrogens with zero attached hydrogens (tertiary/aromatic N) is 1. The lowest BCUT2D eigenvalue weighted by Crippen LogP contribution is -2.09. The molecule has 0 fully saturated rings. The molecule has 1 heterocycles. The van der Waals surface area contributed by atoms with Gasteiger partial charge in [0.05, 0.1) is 18.9 Å². The van der Waals surface area contributed by atoms with E-state index in [2.05, 4.69) is 10.3 Å². The Morgan fingerprint density at radius 3 is 2.70 bits per heavy atom. The number of anilines is 3. The summed E-state index contributed by atoms with van der Waals surface area (Å²) in [7, 11) is 1.63. The van der Waals surface area contributed by atoms with Gasteiger partial charge >= 0.3 is 0 Å². The number of rotatable bonds is 5. The van der Waals surface area contributed by atoms with E-state index in [-0.39, 0.29) is 6.10 Å². The predicted octanol–water partition coefficient (Wildman–Crippen LogP) is 3.20. The molecule has 0 aliphatic heterocycles. The Labute approximate surface area is 118 Å². The zero-order valence-corrected chi connectivity index (χ0v) is 11.9. The molecule has 106 valence electrons. The molecule has 0 saturated carbocycles. The molecule has 0 unspecified atom stereocenters. The summed E-state index contributed by atoms with van der Waals surface area (Å²) in [6.45, 7) is 3.87. The van der Waals surface area contributed by atoms with Crippen molar-refractivity contribution < 1.29 is 9.47 Å². The standard InChI is InChI=1S/C15H19N3O2/c1-10(2)20-15-13(16)7-8-14(18-15)17-11-5-4-6-12(9-11)19-3/h4-10H,16H2,1-3H3,(H,17,18). The molecule has 20 heavy (non-hydrogen) atoms. The number of nitrogens with two attached hydrogens (primary N) is 1. The number of aromatic nitrogens is 1. The lowest BCUT2D eigenvalue weighted by molar-refractivity contribution is 0.234. The largest absolute Gasteiger partial charge is 0.497 e. The predicted molar refractivity (Wildman–Crippen MR) is 80.7 cm³/mol. The Morgan fingerprint density at radius 1 is 1.20 bits per heavy atom. The van der Waals surface area contributed by atoms with E-state index in [1.165, 1.54) is 0 Å². The van der Waals surface area contributed by atoms with Crippen molar-refractivity contribution in [2.24, 2.45) is 0 Å². The Hall–Kier alpha value is -2.43. The van der Waals surface area contributed by atoms with Gasteiger partial charge in [-0.05, 0) is 38.1 Å². The van der Waals surface area contributed by atoms with Crippen LogP contribution in [0.15, 0.2) is 36.4 Å². The van der Waals surface area contributed by atoms with Gasteiger partial charge in [-0.15, -0.1) is 0 Å². The zero-order valence-electron chi connectivity index (χ0n) is 11.9. The molecule has 1 aromatic heterocycles. The minimum Gasteiger partial charge on any atom is -0.497 e. The van der Waals surface area contributed by atoms with E-state index in [4.69, 9.17) is 15.2 Å². The van der Waals surface area contributed by atoms with Gasteiger partial charge in [-0.25, -0.2) is 0 Å². The second-order valence-electron chi connectivity index (χ2n) is 4.61. The first-order valence-electron chi connectivity index (χ1n) is 6.42. The maximum Gasteiger partial charge on any atom is 0.239 e. The van der Waals surface area contributed by atoms with E-state index < -0.39 is 0 Å². The van der Waals surface area contributed by atoms with Gasteiger partial charge in [0.2, 0.25) is 5.88 Å². The van der Waals surface area contributed by atoms with Crippen LogP contribution in [0, 0.1) is 0 Å². The Balaban J connectivity index is 2.20. The van der Waals surface area contributed by atoms with Crippen molar-refractivity contribution in [1.29, 1.82) is 0 Å². The molecule has 0 radical (unpaired) electrons. The van der Waals surface area contributed by atoms with Gasteiger partial charge in [0.25, 0.3) is 0 Å². The maximum absolute atomic E-state index is 5.84. The van der Waals surface area contributed by atoms with Crippen LogP contribution in [-0.4, -0.2) is 18.2 Å². The van der Waals surface area contributed by atoms with Crippen LogP contribution < -0.4 is 20.5 Å². The summed E-state index contributed by atoms with van der Waals surface area (Å²) in [6, 6.07) is 11.2. The molecule has 5 heteroatoms. The summed E-state index contributed by atoms with van der Waals surface area (Å²) >= 11 is 0. The summed E-state index contributed by atoms with van der Waals surface area (Å²) in [4.78, 5) is 4.36. The summed E-state index contributed by atoms with van der Waals surface area (Å²) in [5, 5.41) is 3.19. The second-order valence-corrected chi connectivity index (χ2v) is 4.61. The topological polar surface area (TPSA) is 69.4 Å². The Morgan fingerprint density at radius 2 is 2.00 bits per heavy atom. The minimum absolute atomic E-state index is 0.0249. The van der Waals surface area contributed by atoms with E-state index in [0.717, 1.165) is 11.4 Å². The summed E-state index contributed by atoms with van der Waals surface area (Å²) in [6.07, 6.45) is 0.0249. The van der Waals surface area contributed by atoms with E-state index in [0.29, 0.717) is 17.4 Å². The number of pyridine rings is 1. The molecular weight excluding hydrogens is 254 g/mol. The van der Waals surface area contributed by atoms with Gasteiger partial charge in [-0.2, -0.15) is 4.98 Å². The number of ether oxygens (including phenoxy) is 2. The summed E-state index contributed by atoms with van der Waals surface area (Å²) < 4.78 is 10.8. The first-order chi connectivity index (χ1) is 9.58. The first kappa shape index (κ1) is 14.0. The van der Waals surface area contributed by atoms with Crippen molar-refractivity contribution >= 4 is 17.2 Å². The SMILES string of the molecule is COc1cccc(Nc2ccc(N)c(OC(C)C)n2)c1. The van der Waals surface area contributed by atoms with Crippen molar-refractivity contribution in [3.05, 3.63) is 36.4 Å². The first-order valence-corrected chi connectivity index (χ1v) is 6.42. The van der Waals surface area contributed by atoms with Crippen molar-refractivity contribution in [3.8, 4) is 11.6 Å². The van der Waals surface area contributed by atoms with Crippen molar-refractivity contribution in [2.45, 2.75) is 20.0 Å². The highest BCUT2D eigenvalue weighted by Gasteiger charge is 2.07. The number of hydrogen-bond acceptors (Lipinski definition) is 5. The van der Waals surface area contributed by atoms with Crippen molar-refractivity contribution in [1.82, 2.24) is 4.98 Å². The number of nitrogens with one attached hydrogen (secondary N) is 1. The van der Waals surface area contributed by atoms with Gasteiger partial charge < -0.3 is 20.5 Å². The fourth-order valence-corrected chi connectivity index (χ4v) is 1.69. The highest BCUT2D eigenvalue weighted by atomic mass is 16.5. The quantitative estimate of drug-likeness (QED) is 0.875. The smallest absolute Gasteiger partial charge is 0.239 e. The molecule has 0 saturated heterocycles. The van der Waals surface area contributed by atoms with Crippen LogP contribution in [0.1, 0.15) is 13.8 Å². The van der Waals surface area contributed by atoms with Gasteiger partial charge in [0.15, 0.2) is 0 Å². The molecule has 0 aliphatic carbocycles. The molecule has 2 rings (SSSR count). The van der Waals surface area contributed by atoms with Gasteiger partial charge in [0, 0.05) is 11.8 Å². The minimum atomic E-state index is 0.0249. The summed E-state index contributed by atoms with van der Waals surface area (Å²) in [5.74, 6) is 1.89. The molecule has 0 atom stereocenters. The average Bonchev–Trinajstić information content (AvgIpc) is 2.42. The van der Waals surface area contributed by atoms with E-state index in [9.17, 15) is 0 Å². The normalized spacial score (nSPS) is 10.4. The second kappa shape index (κ2) is 6.14. The molecule has 5 nitrogen and oxygen atoms in total. The molecular formula is C15H19N3O2. The molecule has 0 aliphatic rings. The van der Waals surface area contributed by atoms with E-state index >= 15 is 0 Å². The molecule has 1 aromatic carbocycles. The van der Waals surface area contributed by atoms with Crippen molar-refractivity contribution in [3.63, 3.8) is 0 Å². The lowest BCUT2D eigenvalue weighted by Gasteiger charge is -2.13. The number of methoxy groups -OCH3 is 1. The molecule has 0 amide bonds. The summed E-state index contributed by atoms with van der Waals surface area (Å²) in [5.41, 5.74) is 7.25. The highest BCUT2D eigenvalue weighted by molar-refractivity contribution is 5.61. The Bertz CT molecular complexity index is 585. The lowest BCUT2D eigenvalue weighted by atomic mass is 10.3. The van der Waals surface area contributed by atoms with Crippen LogP contribution in [-0.2, 0) is 0 Å². The van der Waals surface area contributed by atoms with Crippen LogP contribution in [0.25, 0.3) is 0 Å². The molecule has 3 N–H and O–H groups in total. The fraction of sp³-hybridized carbons (Fsp3) is 0.267. The van der Waals surface area contributed by atoms with Crippen LogP contribution in [0.5, 0.6) is 11.6 Å². The van der Waals surface area contributed by atoms with Gasteiger partial charge in [-0.3, -0.25) is 0 Å². The van der Waals surface area contributed by atoms with E-state index in [1.807, 2.05) is 44.2 Å². The van der Waals surface area contributed by atoms with Crippen LogP contribution in [0.3, 0.4) is 0 Å². The number of benzene rings is 1. The third-order valence-corrected chi connectivity index (χ3v) is 2.58. The maximum atomic E-state index is 5.84. The molecule has 2 aromatic rings. The molecule has 0 bridgehead atoms. The van der Waals surface area contributed by atoms with Crippen LogP contribution >= 0.6 is 0 Å². The highest BCUT2D eigenvalue weighted by Crippen LogP contribution is 2.25. The molecule has 0 spiro atoms. The third-order valence-electron chi connectivity index (χ3n) is 2.58. The fourth-order valence-electron chi connectivity index (χ4n) is 1.69. The Kier molecular flexibility index (Phi) is 4.30. The van der Waals surface area contributed by atoms with Crippen LogP contribution in [0.2, 0.25) is 0 Å². The zero-order chi connectivity index (χ0) is 14.5. The van der Waals surface area contributed by atoms with Crippen molar-refractivity contribution in [2.75, 3.05) is 18.2 Å².